The molecule has 4 N–H and O–H groups in total. The summed E-state index contributed by atoms with van der Waals surface area (Å²) in [5.74, 6) is 0.523. The van der Waals surface area contributed by atoms with E-state index < -0.39 is 0 Å². The third-order valence-corrected chi connectivity index (χ3v) is 8.54. The Balaban J connectivity index is 1.29. The molecule has 10 nitrogen and oxygen atoms in total. The molecule has 1 amide bonds. The normalized spacial score (nSPS) is 14.1. The summed E-state index contributed by atoms with van der Waals surface area (Å²) in [7, 11) is 0. The summed E-state index contributed by atoms with van der Waals surface area (Å²) in [6.45, 7) is 2.01. The zero-order valence-electron chi connectivity index (χ0n) is 23.0. The highest BCUT2D eigenvalue weighted by atomic mass is 32.1. The van der Waals surface area contributed by atoms with Gasteiger partial charge in [0.25, 0.3) is 5.91 Å². The summed E-state index contributed by atoms with van der Waals surface area (Å²) in [5.41, 5.74) is 12.5. The number of thiazole rings is 1. The number of hydrogen-bond donors (Lipinski definition) is 3. The van der Waals surface area contributed by atoms with Crippen LogP contribution in [0.1, 0.15) is 49.2 Å². The molecule has 0 radical (unpaired) electrons. The van der Waals surface area contributed by atoms with Crippen molar-refractivity contribution >= 4 is 40.5 Å². The number of rotatable bonds is 6. The highest BCUT2D eigenvalue weighted by molar-refractivity contribution is 7.14. The second-order valence-electron chi connectivity index (χ2n) is 10.4. The fourth-order valence-corrected chi connectivity index (χ4v) is 6.24. The van der Waals surface area contributed by atoms with Crippen LogP contribution in [-0.4, -0.2) is 41.8 Å². The number of amides is 1. The number of aryl methyl sites for hydroxylation is 2. The topological polar surface area (TPSA) is 149 Å². The van der Waals surface area contributed by atoms with E-state index in [2.05, 4.69) is 21.4 Å². The first-order chi connectivity index (χ1) is 20.9. The van der Waals surface area contributed by atoms with Gasteiger partial charge in [0.2, 0.25) is 0 Å². The first-order valence-corrected chi connectivity index (χ1v) is 14.5. The number of aldehydes is 1. The van der Waals surface area contributed by atoms with Crippen molar-refractivity contribution in [3.63, 3.8) is 0 Å². The van der Waals surface area contributed by atoms with E-state index in [1.165, 1.54) is 18.2 Å². The molecule has 1 aliphatic rings. The number of hydrogen-bond acceptors (Lipinski definition) is 9. The Labute approximate surface area is 249 Å². The van der Waals surface area contributed by atoms with Gasteiger partial charge in [0.15, 0.2) is 17.8 Å². The van der Waals surface area contributed by atoms with Crippen molar-refractivity contribution in [2.75, 3.05) is 5.73 Å². The number of phenolic OH excluding ortho intramolecular Hbond substituents is 1. The maximum atomic E-state index is 13.0. The summed E-state index contributed by atoms with van der Waals surface area (Å²) < 4.78 is 2.00. The highest BCUT2D eigenvalue weighted by Crippen LogP contribution is 2.36. The SMILES string of the molecule is Cc1cnc(-c2ccc3nc(-c4cccnc4N)n(-c4ccc5c(c4)CC[C@@H]5NC(=O)c4ccc(O)c(C=O)c4)c3n2)s1. The molecule has 1 atom stereocenters. The van der Waals surface area contributed by atoms with Gasteiger partial charge in [-0.25, -0.2) is 19.9 Å². The molecular weight excluding hydrogens is 562 g/mol. The van der Waals surface area contributed by atoms with Gasteiger partial charge in [0, 0.05) is 28.5 Å². The van der Waals surface area contributed by atoms with E-state index in [1.54, 1.807) is 17.5 Å². The van der Waals surface area contributed by atoms with E-state index in [9.17, 15) is 14.7 Å². The van der Waals surface area contributed by atoms with Gasteiger partial charge in [0.05, 0.1) is 17.2 Å². The van der Waals surface area contributed by atoms with Crippen molar-refractivity contribution in [1.29, 1.82) is 0 Å². The Bertz CT molecular complexity index is 2070. The number of anilines is 1. The smallest absolute Gasteiger partial charge is 0.251 e. The van der Waals surface area contributed by atoms with Gasteiger partial charge in [-0.1, -0.05) is 6.07 Å². The third-order valence-electron chi connectivity index (χ3n) is 7.61. The van der Waals surface area contributed by atoms with Crippen molar-refractivity contribution in [3.05, 3.63) is 100 Å². The molecule has 1 aliphatic carbocycles. The molecule has 0 spiro atoms. The fourth-order valence-electron chi connectivity index (χ4n) is 5.51. The number of phenols is 1. The minimum Gasteiger partial charge on any atom is -0.507 e. The molecule has 0 bridgehead atoms. The summed E-state index contributed by atoms with van der Waals surface area (Å²) in [5, 5.41) is 13.7. The van der Waals surface area contributed by atoms with Crippen LogP contribution in [0.15, 0.2) is 73.1 Å². The molecule has 0 unspecified atom stereocenters. The number of nitrogen functional groups attached to an aromatic ring is 1. The molecule has 43 heavy (non-hydrogen) atoms. The lowest BCUT2D eigenvalue weighted by Gasteiger charge is -2.16. The van der Waals surface area contributed by atoms with Crippen LogP contribution in [0.25, 0.3) is 38.9 Å². The molecule has 0 fully saturated rings. The van der Waals surface area contributed by atoms with Gasteiger partial charge in [-0.3, -0.25) is 14.2 Å². The Kier molecular flexibility index (Phi) is 6.43. The summed E-state index contributed by atoms with van der Waals surface area (Å²) in [6.07, 6.45) is 5.50. The summed E-state index contributed by atoms with van der Waals surface area (Å²) >= 11 is 1.58. The minimum atomic E-state index is -0.311. The van der Waals surface area contributed by atoms with Crippen molar-refractivity contribution in [2.45, 2.75) is 25.8 Å². The molecule has 6 aromatic rings. The van der Waals surface area contributed by atoms with Crippen molar-refractivity contribution in [2.24, 2.45) is 0 Å². The maximum Gasteiger partial charge on any atom is 0.251 e. The van der Waals surface area contributed by atoms with Crippen LogP contribution in [0.4, 0.5) is 5.82 Å². The van der Waals surface area contributed by atoms with E-state index in [0.717, 1.165) is 45.2 Å². The standard InChI is InChI=1S/C32H25N7O3S/c1-17-15-35-32(43-17)26-10-9-25-30(37-26)39(29(36-25)23-3-2-12-34-28(23)33)21-6-7-22-18(14-21)4-8-24(22)38-31(42)19-5-11-27(41)20(13-19)16-40/h2-3,5-7,9-16,24,41H,4,8H2,1H3,(H2,33,34)(H,38,42)/t24-/m0/s1. The van der Waals surface area contributed by atoms with E-state index in [4.69, 9.17) is 15.7 Å². The zero-order valence-corrected chi connectivity index (χ0v) is 23.8. The predicted molar refractivity (Wildman–Crippen MR) is 164 cm³/mol. The van der Waals surface area contributed by atoms with Gasteiger partial charge >= 0.3 is 0 Å². The number of pyridine rings is 2. The van der Waals surface area contributed by atoms with Crippen molar-refractivity contribution < 1.29 is 14.7 Å². The number of benzene rings is 2. The number of carbonyl (C=O) groups excluding carboxylic acids is 2. The molecule has 0 aliphatic heterocycles. The average Bonchev–Trinajstić information content (AvgIpc) is 3.73. The van der Waals surface area contributed by atoms with E-state index in [1.807, 2.05) is 54.1 Å². The first-order valence-electron chi connectivity index (χ1n) is 13.6. The van der Waals surface area contributed by atoms with Gasteiger partial charge in [-0.15, -0.1) is 11.3 Å². The monoisotopic (exact) mass is 587 g/mol. The highest BCUT2D eigenvalue weighted by Gasteiger charge is 2.26. The number of fused-ring (bicyclic) bond motifs is 2. The third kappa shape index (κ3) is 4.69. The lowest BCUT2D eigenvalue weighted by Crippen LogP contribution is -2.27. The fraction of sp³-hybridized carbons (Fsp3) is 0.125. The van der Waals surface area contributed by atoms with Crippen LogP contribution in [0.3, 0.4) is 0 Å². The zero-order chi connectivity index (χ0) is 29.7. The van der Waals surface area contributed by atoms with Crippen LogP contribution >= 0.6 is 11.3 Å². The number of carbonyl (C=O) groups is 2. The largest absolute Gasteiger partial charge is 0.507 e. The Morgan fingerprint density at radius 2 is 2.00 bits per heavy atom. The Hall–Kier alpha value is -5.42. The van der Waals surface area contributed by atoms with Crippen LogP contribution in [0, 0.1) is 6.92 Å². The molecule has 0 saturated carbocycles. The number of imidazole rings is 1. The van der Waals surface area contributed by atoms with E-state index >= 15 is 0 Å². The van der Waals surface area contributed by atoms with Gasteiger partial charge in [-0.2, -0.15) is 0 Å². The van der Waals surface area contributed by atoms with Gasteiger partial charge in [0.1, 0.15) is 27.8 Å². The minimum absolute atomic E-state index is 0.0727. The Morgan fingerprint density at radius 3 is 2.79 bits per heavy atom. The lowest BCUT2D eigenvalue weighted by atomic mass is 10.1. The van der Waals surface area contributed by atoms with Crippen LogP contribution in [0.2, 0.25) is 0 Å². The van der Waals surface area contributed by atoms with Crippen molar-refractivity contribution in [1.82, 2.24) is 29.8 Å². The summed E-state index contributed by atoms with van der Waals surface area (Å²) in [4.78, 5) is 44.1. The second kappa shape index (κ2) is 10.4. The molecule has 0 saturated heterocycles. The summed E-state index contributed by atoms with van der Waals surface area (Å²) in [6, 6.07) is 17.8. The van der Waals surface area contributed by atoms with E-state index in [-0.39, 0.29) is 23.3 Å². The molecule has 2 aromatic carbocycles. The maximum absolute atomic E-state index is 13.0. The molecule has 4 heterocycles. The number of nitrogens with two attached hydrogens (primary N) is 1. The first kappa shape index (κ1) is 26.5. The van der Waals surface area contributed by atoms with Crippen LogP contribution in [0.5, 0.6) is 5.75 Å². The van der Waals surface area contributed by atoms with Gasteiger partial charge in [-0.05, 0) is 85.5 Å². The lowest BCUT2D eigenvalue weighted by molar-refractivity contribution is 0.0936. The van der Waals surface area contributed by atoms with Crippen LogP contribution < -0.4 is 11.1 Å². The molecular formula is C32H25N7O3S. The molecule has 212 valence electrons. The number of aromatic hydroxyl groups is 1. The average molecular weight is 588 g/mol. The number of nitrogens with zero attached hydrogens (tertiary/aromatic N) is 5. The molecule has 4 aromatic heterocycles. The number of aromatic nitrogens is 5. The van der Waals surface area contributed by atoms with Crippen LogP contribution in [-0.2, 0) is 6.42 Å². The predicted octanol–water partition coefficient (Wildman–Crippen LogP) is 5.43. The molecule has 7 rings (SSSR count). The number of nitrogens with one attached hydrogen (secondary N) is 1. The van der Waals surface area contributed by atoms with Crippen molar-refractivity contribution in [3.8, 4) is 33.5 Å². The second-order valence-corrected chi connectivity index (χ2v) is 11.6. The molecule has 11 heteroatoms. The Morgan fingerprint density at radius 1 is 1.12 bits per heavy atom. The quantitative estimate of drug-likeness (QED) is 0.218. The van der Waals surface area contributed by atoms with Gasteiger partial charge < -0.3 is 16.2 Å². The van der Waals surface area contributed by atoms with E-state index in [0.29, 0.717) is 40.2 Å².